The number of ether oxygens (including phenoxy) is 1. The van der Waals surface area contributed by atoms with E-state index in [2.05, 4.69) is 30.6 Å². The number of hydrogen-bond acceptors (Lipinski definition) is 7. The zero-order valence-corrected chi connectivity index (χ0v) is 16.0. The maximum atomic E-state index is 6.20. The third-order valence-electron chi connectivity index (χ3n) is 4.05. The molecule has 8 heteroatoms. The Hall–Kier alpha value is -3.45. The van der Waals surface area contributed by atoms with Gasteiger partial charge in [0.15, 0.2) is 17.0 Å². The number of rotatable bonds is 5. The molecule has 0 atom stereocenters. The van der Waals surface area contributed by atoms with Crippen LogP contribution in [-0.4, -0.2) is 27.0 Å². The van der Waals surface area contributed by atoms with Gasteiger partial charge in [0, 0.05) is 23.8 Å². The number of aromatic nitrogens is 4. The zero-order valence-electron chi connectivity index (χ0n) is 15.3. The molecule has 0 aliphatic carbocycles. The van der Waals surface area contributed by atoms with Crippen LogP contribution in [0, 0.1) is 6.92 Å². The van der Waals surface area contributed by atoms with Crippen LogP contribution in [0.1, 0.15) is 5.56 Å². The van der Waals surface area contributed by atoms with E-state index in [9.17, 15) is 0 Å². The number of fused-ring (bicyclic) bond motifs is 1. The number of aryl methyl sites for hydroxylation is 1. The fourth-order valence-corrected chi connectivity index (χ4v) is 2.91. The van der Waals surface area contributed by atoms with Crippen molar-refractivity contribution in [2.45, 2.75) is 6.92 Å². The summed E-state index contributed by atoms with van der Waals surface area (Å²) in [5.74, 6) is 1.53. The SMILES string of the molecule is COc1ccc(Nc2nc(Nc3ccc(C)cc3)c3nccnc3n2)cc1Cl. The molecule has 0 aliphatic heterocycles. The highest BCUT2D eigenvalue weighted by Crippen LogP contribution is 2.29. The van der Waals surface area contributed by atoms with E-state index in [-0.39, 0.29) is 0 Å². The molecule has 0 saturated heterocycles. The molecule has 2 aromatic carbocycles. The average Bonchev–Trinajstić information content (AvgIpc) is 2.70. The maximum absolute atomic E-state index is 6.20. The molecule has 2 aromatic heterocycles. The van der Waals surface area contributed by atoms with Gasteiger partial charge in [0.1, 0.15) is 5.75 Å². The first-order valence-electron chi connectivity index (χ1n) is 8.55. The highest BCUT2D eigenvalue weighted by Gasteiger charge is 2.11. The number of nitrogens with zero attached hydrogens (tertiary/aromatic N) is 4. The second kappa shape index (κ2) is 7.66. The van der Waals surface area contributed by atoms with Crippen molar-refractivity contribution in [2.24, 2.45) is 0 Å². The number of benzene rings is 2. The molecule has 2 heterocycles. The lowest BCUT2D eigenvalue weighted by Gasteiger charge is -2.12. The molecule has 140 valence electrons. The molecule has 4 rings (SSSR count). The molecule has 0 aliphatic rings. The quantitative estimate of drug-likeness (QED) is 0.500. The fraction of sp³-hybridized carbons (Fsp3) is 0.100. The van der Waals surface area contributed by atoms with Gasteiger partial charge < -0.3 is 15.4 Å². The topological polar surface area (TPSA) is 84.9 Å². The molecule has 0 fully saturated rings. The monoisotopic (exact) mass is 392 g/mol. The van der Waals surface area contributed by atoms with Gasteiger partial charge in [-0.25, -0.2) is 9.97 Å². The third-order valence-corrected chi connectivity index (χ3v) is 4.35. The minimum atomic E-state index is 0.379. The van der Waals surface area contributed by atoms with Crippen LogP contribution in [0.2, 0.25) is 5.02 Å². The van der Waals surface area contributed by atoms with Crippen molar-refractivity contribution in [1.29, 1.82) is 0 Å². The molecule has 2 N–H and O–H groups in total. The van der Waals surface area contributed by atoms with Crippen molar-refractivity contribution < 1.29 is 4.74 Å². The predicted octanol–water partition coefficient (Wildman–Crippen LogP) is 4.88. The van der Waals surface area contributed by atoms with E-state index in [0.29, 0.717) is 33.7 Å². The second-order valence-electron chi connectivity index (χ2n) is 6.09. The van der Waals surface area contributed by atoms with Gasteiger partial charge in [0.05, 0.1) is 12.1 Å². The van der Waals surface area contributed by atoms with E-state index in [1.54, 1.807) is 31.6 Å². The Morgan fingerprint density at radius 3 is 2.39 bits per heavy atom. The zero-order chi connectivity index (χ0) is 19.5. The van der Waals surface area contributed by atoms with Gasteiger partial charge in [0.2, 0.25) is 5.95 Å². The minimum Gasteiger partial charge on any atom is -0.495 e. The van der Waals surface area contributed by atoms with Crippen molar-refractivity contribution in [3.05, 3.63) is 65.4 Å². The van der Waals surface area contributed by atoms with Gasteiger partial charge in [0.25, 0.3) is 0 Å². The van der Waals surface area contributed by atoms with Crippen molar-refractivity contribution in [1.82, 2.24) is 19.9 Å². The van der Waals surface area contributed by atoms with E-state index >= 15 is 0 Å². The lowest BCUT2D eigenvalue weighted by molar-refractivity contribution is 0.415. The van der Waals surface area contributed by atoms with Crippen molar-refractivity contribution >= 4 is 45.9 Å². The van der Waals surface area contributed by atoms with E-state index in [1.165, 1.54) is 5.56 Å². The third kappa shape index (κ3) is 3.79. The number of halogens is 1. The normalized spacial score (nSPS) is 10.7. The Morgan fingerprint density at radius 2 is 1.64 bits per heavy atom. The molecule has 0 amide bonds. The number of methoxy groups -OCH3 is 1. The van der Waals surface area contributed by atoms with Crippen molar-refractivity contribution in [3.63, 3.8) is 0 Å². The summed E-state index contributed by atoms with van der Waals surface area (Å²) in [6.45, 7) is 2.04. The van der Waals surface area contributed by atoms with Crippen molar-refractivity contribution in [3.8, 4) is 5.75 Å². The summed E-state index contributed by atoms with van der Waals surface area (Å²) >= 11 is 6.20. The summed E-state index contributed by atoms with van der Waals surface area (Å²) in [5, 5.41) is 6.94. The van der Waals surface area contributed by atoms with Gasteiger partial charge >= 0.3 is 0 Å². The smallest absolute Gasteiger partial charge is 0.231 e. The number of anilines is 4. The first-order chi connectivity index (χ1) is 13.6. The maximum Gasteiger partial charge on any atom is 0.231 e. The largest absolute Gasteiger partial charge is 0.495 e. The van der Waals surface area contributed by atoms with Crippen molar-refractivity contribution in [2.75, 3.05) is 17.7 Å². The van der Waals surface area contributed by atoms with Crippen LogP contribution in [0.4, 0.5) is 23.1 Å². The minimum absolute atomic E-state index is 0.379. The highest BCUT2D eigenvalue weighted by molar-refractivity contribution is 6.32. The Kier molecular flexibility index (Phi) is 4.90. The first-order valence-corrected chi connectivity index (χ1v) is 8.93. The van der Waals surface area contributed by atoms with E-state index in [1.807, 2.05) is 37.3 Å². The number of hydrogen-bond donors (Lipinski definition) is 2. The van der Waals surface area contributed by atoms with Crippen LogP contribution in [0.25, 0.3) is 11.2 Å². The predicted molar refractivity (Wildman–Crippen MR) is 111 cm³/mol. The fourth-order valence-electron chi connectivity index (χ4n) is 2.65. The Bertz CT molecular complexity index is 1130. The Morgan fingerprint density at radius 1 is 0.893 bits per heavy atom. The molecule has 28 heavy (non-hydrogen) atoms. The molecule has 0 radical (unpaired) electrons. The molecule has 7 nitrogen and oxygen atoms in total. The molecule has 0 unspecified atom stereocenters. The van der Waals surface area contributed by atoms with Gasteiger partial charge in [-0.05, 0) is 37.3 Å². The second-order valence-corrected chi connectivity index (χ2v) is 6.50. The van der Waals surface area contributed by atoms with Crippen LogP contribution in [0.15, 0.2) is 54.9 Å². The molecule has 4 aromatic rings. The van der Waals surface area contributed by atoms with E-state index < -0.39 is 0 Å². The van der Waals surface area contributed by atoms with E-state index in [4.69, 9.17) is 16.3 Å². The van der Waals surface area contributed by atoms with Gasteiger partial charge in [-0.15, -0.1) is 0 Å². The summed E-state index contributed by atoms with van der Waals surface area (Å²) < 4.78 is 5.18. The lowest BCUT2D eigenvalue weighted by atomic mass is 10.2. The van der Waals surface area contributed by atoms with E-state index in [0.717, 1.165) is 11.4 Å². The summed E-state index contributed by atoms with van der Waals surface area (Å²) in [6, 6.07) is 13.4. The van der Waals surface area contributed by atoms with Gasteiger partial charge in [-0.2, -0.15) is 9.97 Å². The Balaban J connectivity index is 1.71. The standard InChI is InChI=1S/C20H17ClN6O/c1-12-3-5-13(6-4-12)24-19-17-18(23-10-9-22-17)26-20(27-19)25-14-7-8-16(28-2)15(21)11-14/h3-11H,1-2H3,(H2,23,24,25,26,27). The van der Waals surface area contributed by atoms with Crippen LogP contribution in [0.5, 0.6) is 5.75 Å². The molecule has 0 saturated carbocycles. The Labute approximate surface area is 166 Å². The lowest BCUT2D eigenvalue weighted by Crippen LogP contribution is -2.04. The summed E-state index contributed by atoms with van der Waals surface area (Å²) in [4.78, 5) is 17.7. The van der Waals surface area contributed by atoms with Crippen LogP contribution < -0.4 is 15.4 Å². The first kappa shape index (κ1) is 17.9. The summed E-state index contributed by atoms with van der Waals surface area (Å²) in [6.07, 6.45) is 3.21. The van der Waals surface area contributed by atoms with Crippen LogP contribution in [0.3, 0.4) is 0 Å². The van der Waals surface area contributed by atoms with Gasteiger partial charge in [-0.1, -0.05) is 29.3 Å². The number of nitrogens with one attached hydrogen (secondary N) is 2. The molecule has 0 bridgehead atoms. The van der Waals surface area contributed by atoms with Crippen LogP contribution in [-0.2, 0) is 0 Å². The van der Waals surface area contributed by atoms with Gasteiger partial charge in [-0.3, -0.25) is 0 Å². The molecular formula is C20H17ClN6O. The van der Waals surface area contributed by atoms with Crippen LogP contribution >= 0.6 is 11.6 Å². The summed E-state index contributed by atoms with van der Waals surface area (Å²) in [5.41, 5.74) is 3.87. The molecular weight excluding hydrogens is 376 g/mol. The average molecular weight is 393 g/mol. The summed E-state index contributed by atoms with van der Waals surface area (Å²) in [7, 11) is 1.57. The molecule has 0 spiro atoms. The highest BCUT2D eigenvalue weighted by atomic mass is 35.5.